The largest absolute Gasteiger partial charge is 0.494 e. The predicted molar refractivity (Wildman–Crippen MR) is 75.9 cm³/mol. The molecular formula is C15H16ClNO. The first-order valence-electron chi connectivity index (χ1n) is 5.96. The number of hydrogen-bond acceptors (Lipinski definition) is 2. The fourth-order valence-electron chi connectivity index (χ4n) is 1.80. The number of rotatable bonds is 4. The molecule has 2 aromatic rings. The lowest BCUT2D eigenvalue weighted by Gasteiger charge is -2.07. The summed E-state index contributed by atoms with van der Waals surface area (Å²) in [6.07, 6.45) is 0. The van der Waals surface area contributed by atoms with E-state index in [1.807, 2.05) is 49.4 Å². The third-order valence-corrected chi connectivity index (χ3v) is 3.12. The summed E-state index contributed by atoms with van der Waals surface area (Å²) >= 11 is 6.16. The normalized spacial score (nSPS) is 10.4. The van der Waals surface area contributed by atoms with Crippen LogP contribution in [0.3, 0.4) is 0 Å². The predicted octanol–water partition coefficient (Wildman–Crippen LogP) is 3.86. The van der Waals surface area contributed by atoms with E-state index in [1.165, 1.54) is 0 Å². The minimum Gasteiger partial charge on any atom is -0.494 e. The Labute approximate surface area is 112 Å². The average molecular weight is 262 g/mol. The molecule has 0 spiro atoms. The Hall–Kier alpha value is -1.51. The standard InChI is InChI=1S/C15H16ClNO/c1-2-18-14-7-5-11(6-8-14)12-3-4-13(10-17)15(16)9-12/h3-9H,2,10,17H2,1H3. The Balaban J connectivity index is 2.28. The van der Waals surface area contributed by atoms with Crippen LogP contribution in [0.1, 0.15) is 12.5 Å². The van der Waals surface area contributed by atoms with Gasteiger partial charge in [-0.2, -0.15) is 0 Å². The van der Waals surface area contributed by atoms with Crippen LogP contribution in [0, 0.1) is 0 Å². The van der Waals surface area contributed by atoms with E-state index >= 15 is 0 Å². The number of nitrogens with two attached hydrogens (primary N) is 1. The van der Waals surface area contributed by atoms with Gasteiger partial charge in [-0.25, -0.2) is 0 Å². The summed E-state index contributed by atoms with van der Waals surface area (Å²) in [5.41, 5.74) is 8.75. The quantitative estimate of drug-likeness (QED) is 0.907. The van der Waals surface area contributed by atoms with Crippen molar-refractivity contribution in [3.05, 3.63) is 53.1 Å². The van der Waals surface area contributed by atoms with Crippen LogP contribution in [0.5, 0.6) is 5.75 Å². The molecule has 2 aromatic carbocycles. The first kappa shape index (κ1) is 12.9. The second-order valence-electron chi connectivity index (χ2n) is 3.97. The van der Waals surface area contributed by atoms with E-state index in [-0.39, 0.29) is 0 Å². The van der Waals surface area contributed by atoms with E-state index in [0.29, 0.717) is 18.2 Å². The highest BCUT2D eigenvalue weighted by molar-refractivity contribution is 6.31. The molecule has 0 atom stereocenters. The van der Waals surface area contributed by atoms with Gasteiger partial charge in [0.15, 0.2) is 0 Å². The highest BCUT2D eigenvalue weighted by Gasteiger charge is 2.03. The van der Waals surface area contributed by atoms with Crippen LogP contribution < -0.4 is 10.5 Å². The Morgan fingerprint density at radius 1 is 1.06 bits per heavy atom. The third-order valence-electron chi connectivity index (χ3n) is 2.77. The zero-order valence-corrected chi connectivity index (χ0v) is 11.1. The molecule has 3 heteroatoms. The molecule has 0 unspecified atom stereocenters. The first-order chi connectivity index (χ1) is 8.74. The molecule has 0 aliphatic heterocycles. The van der Waals surface area contributed by atoms with Crippen molar-refractivity contribution in [3.8, 4) is 16.9 Å². The Morgan fingerprint density at radius 2 is 1.72 bits per heavy atom. The van der Waals surface area contributed by atoms with E-state index < -0.39 is 0 Å². The van der Waals surface area contributed by atoms with Crippen molar-refractivity contribution in [2.45, 2.75) is 13.5 Å². The molecule has 94 valence electrons. The zero-order valence-electron chi connectivity index (χ0n) is 10.3. The summed E-state index contributed by atoms with van der Waals surface area (Å²) < 4.78 is 5.41. The molecule has 0 amide bonds. The second-order valence-corrected chi connectivity index (χ2v) is 4.37. The average Bonchev–Trinajstić information content (AvgIpc) is 2.40. The van der Waals surface area contributed by atoms with Gasteiger partial charge in [-0.15, -0.1) is 0 Å². The van der Waals surface area contributed by atoms with Gasteiger partial charge in [0.2, 0.25) is 0 Å². The molecule has 0 aromatic heterocycles. The zero-order chi connectivity index (χ0) is 13.0. The van der Waals surface area contributed by atoms with Crippen LogP contribution in [-0.4, -0.2) is 6.61 Å². The van der Waals surface area contributed by atoms with Gasteiger partial charge in [0.05, 0.1) is 6.61 Å². The second kappa shape index (κ2) is 5.89. The summed E-state index contributed by atoms with van der Waals surface area (Å²) in [4.78, 5) is 0. The molecule has 2 rings (SSSR count). The van der Waals surface area contributed by atoms with Gasteiger partial charge in [0.25, 0.3) is 0 Å². The van der Waals surface area contributed by atoms with Crippen LogP contribution in [0.25, 0.3) is 11.1 Å². The van der Waals surface area contributed by atoms with Crippen molar-refractivity contribution in [2.24, 2.45) is 5.73 Å². The van der Waals surface area contributed by atoms with Crippen molar-refractivity contribution in [1.82, 2.24) is 0 Å². The van der Waals surface area contributed by atoms with E-state index in [0.717, 1.165) is 22.4 Å². The van der Waals surface area contributed by atoms with Crippen LogP contribution >= 0.6 is 11.6 Å². The molecule has 0 bridgehead atoms. The van der Waals surface area contributed by atoms with Crippen molar-refractivity contribution in [1.29, 1.82) is 0 Å². The molecule has 18 heavy (non-hydrogen) atoms. The van der Waals surface area contributed by atoms with Crippen LogP contribution in [-0.2, 0) is 6.54 Å². The molecule has 0 heterocycles. The lowest BCUT2D eigenvalue weighted by molar-refractivity contribution is 0.340. The maximum Gasteiger partial charge on any atom is 0.119 e. The SMILES string of the molecule is CCOc1ccc(-c2ccc(CN)c(Cl)c2)cc1. The molecule has 0 saturated heterocycles. The van der Waals surface area contributed by atoms with Gasteiger partial charge >= 0.3 is 0 Å². The van der Waals surface area contributed by atoms with E-state index in [1.54, 1.807) is 0 Å². The van der Waals surface area contributed by atoms with Gasteiger partial charge in [0, 0.05) is 11.6 Å². The maximum atomic E-state index is 6.16. The summed E-state index contributed by atoms with van der Waals surface area (Å²) in [6.45, 7) is 3.11. The number of ether oxygens (including phenoxy) is 1. The molecule has 0 saturated carbocycles. The van der Waals surface area contributed by atoms with Gasteiger partial charge < -0.3 is 10.5 Å². The first-order valence-corrected chi connectivity index (χ1v) is 6.34. The van der Waals surface area contributed by atoms with Gasteiger partial charge in [-0.1, -0.05) is 35.9 Å². The summed E-state index contributed by atoms with van der Waals surface area (Å²) in [7, 11) is 0. The van der Waals surface area contributed by atoms with Gasteiger partial charge in [-0.3, -0.25) is 0 Å². The smallest absolute Gasteiger partial charge is 0.119 e. The monoisotopic (exact) mass is 261 g/mol. The molecule has 2 N–H and O–H groups in total. The molecule has 0 fully saturated rings. The number of hydrogen-bond donors (Lipinski definition) is 1. The molecule has 0 aliphatic rings. The Bertz CT molecular complexity index is 523. The van der Waals surface area contributed by atoms with E-state index in [9.17, 15) is 0 Å². The molecular weight excluding hydrogens is 246 g/mol. The summed E-state index contributed by atoms with van der Waals surface area (Å²) in [5.74, 6) is 0.880. The summed E-state index contributed by atoms with van der Waals surface area (Å²) in [6, 6.07) is 13.9. The van der Waals surface area contributed by atoms with E-state index in [4.69, 9.17) is 22.1 Å². The molecule has 0 radical (unpaired) electrons. The van der Waals surface area contributed by atoms with Crippen molar-refractivity contribution >= 4 is 11.6 Å². The van der Waals surface area contributed by atoms with Gasteiger partial charge in [-0.05, 0) is 41.8 Å². The highest BCUT2D eigenvalue weighted by atomic mass is 35.5. The van der Waals surface area contributed by atoms with Crippen molar-refractivity contribution < 1.29 is 4.74 Å². The highest BCUT2D eigenvalue weighted by Crippen LogP contribution is 2.27. The van der Waals surface area contributed by atoms with Crippen molar-refractivity contribution in [2.75, 3.05) is 6.61 Å². The van der Waals surface area contributed by atoms with E-state index in [2.05, 4.69) is 0 Å². The summed E-state index contributed by atoms with van der Waals surface area (Å²) in [5, 5.41) is 0.712. The number of halogens is 1. The van der Waals surface area contributed by atoms with Crippen LogP contribution in [0.4, 0.5) is 0 Å². The maximum absolute atomic E-state index is 6.16. The fourth-order valence-corrected chi connectivity index (χ4v) is 2.06. The topological polar surface area (TPSA) is 35.2 Å². The minimum absolute atomic E-state index is 0.461. The minimum atomic E-state index is 0.461. The molecule has 2 nitrogen and oxygen atoms in total. The third kappa shape index (κ3) is 2.84. The fraction of sp³-hybridized carbons (Fsp3) is 0.200. The lowest BCUT2D eigenvalue weighted by Crippen LogP contribution is -1.96. The molecule has 0 aliphatic carbocycles. The Kier molecular flexibility index (Phi) is 4.24. The van der Waals surface area contributed by atoms with Gasteiger partial charge in [0.1, 0.15) is 5.75 Å². The Morgan fingerprint density at radius 3 is 2.28 bits per heavy atom. The van der Waals surface area contributed by atoms with Crippen LogP contribution in [0.15, 0.2) is 42.5 Å². The van der Waals surface area contributed by atoms with Crippen molar-refractivity contribution in [3.63, 3.8) is 0 Å². The van der Waals surface area contributed by atoms with Crippen LogP contribution in [0.2, 0.25) is 5.02 Å². The lowest BCUT2D eigenvalue weighted by atomic mass is 10.0. The number of benzene rings is 2.